The fourth-order valence-corrected chi connectivity index (χ4v) is 3.52. The standard InChI is InChI=1S/C15H26N4O2S/c1-4-16-22(20,21)17-14-5-7-15(8-6-14)19-11-9-18(10-12-19)13(2)3/h5-8,13,16-17H,4,9-12H2,1-3H3. The molecule has 124 valence electrons. The minimum absolute atomic E-state index is 0.369. The van der Waals surface area contributed by atoms with E-state index in [4.69, 9.17) is 0 Å². The summed E-state index contributed by atoms with van der Waals surface area (Å²) in [5.74, 6) is 0. The summed E-state index contributed by atoms with van der Waals surface area (Å²) < 4.78 is 28.2. The molecule has 22 heavy (non-hydrogen) atoms. The Labute approximate surface area is 133 Å². The van der Waals surface area contributed by atoms with Crippen molar-refractivity contribution in [3.8, 4) is 0 Å². The molecule has 1 aromatic rings. The maximum atomic E-state index is 11.6. The zero-order valence-electron chi connectivity index (χ0n) is 13.5. The molecule has 0 aromatic heterocycles. The Bertz CT molecular complexity index is 564. The highest BCUT2D eigenvalue weighted by Crippen LogP contribution is 2.20. The summed E-state index contributed by atoms with van der Waals surface area (Å²) in [7, 11) is -3.46. The molecule has 0 saturated carbocycles. The van der Waals surface area contributed by atoms with Crippen LogP contribution in [0.5, 0.6) is 0 Å². The maximum absolute atomic E-state index is 11.6. The summed E-state index contributed by atoms with van der Waals surface area (Å²) >= 11 is 0. The number of hydrogen-bond acceptors (Lipinski definition) is 4. The van der Waals surface area contributed by atoms with Gasteiger partial charge in [-0.1, -0.05) is 6.92 Å². The van der Waals surface area contributed by atoms with Crippen molar-refractivity contribution in [2.75, 3.05) is 42.3 Å². The highest BCUT2D eigenvalue weighted by Gasteiger charge is 2.19. The van der Waals surface area contributed by atoms with Gasteiger partial charge in [0.25, 0.3) is 10.2 Å². The van der Waals surface area contributed by atoms with Crippen LogP contribution in [-0.4, -0.2) is 52.1 Å². The minimum Gasteiger partial charge on any atom is -0.369 e. The zero-order valence-corrected chi connectivity index (χ0v) is 14.4. The van der Waals surface area contributed by atoms with E-state index in [-0.39, 0.29) is 0 Å². The molecule has 1 aliphatic heterocycles. The Morgan fingerprint density at radius 1 is 1.09 bits per heavy atom. The Morgan fingerprint density at radius 3 is 2.18 bits per heavy atom. The molecule has 1 aliphatic rings. The predicted molar refractivity (Wildman–Crippen MR) is 91.6 cm³/mol. The van der Waals surface area contributed by atoms with Crippen LogP contribution in [0.4, 0.5) is 11.4 Å². The summed E-state index contributed by atoms with van der Waals surface area (Å²) in [6.07, 6.45) is 0. The molecule has 0 radical (unpaired) electrons. The summed E-state index contributed by atoms with van der Waals surface area (Å²) in [5.41, 5.74) is 1.71. The lowest BCUT2D eigenvalue weighted by Gasteiger charge is -2.38. The van der Waals surface area contributed by atoms with Crippen molar-refractivity contribution in [3.05, 3.63) is 24.3 Å². The van der Waals surface area contributed by atoms with E-state index in [2.05, 4.69) is 33.1 Å². The second-order valence-corrected chi connectivity index (χ2v) is 7.27. The van der Waals surface area contributed by atoms with Crippen LogP contribution >= 0.6 is 0 Å². The van der Waals surface area contributed by atoms with Crippen molar-refractivity contribution in [2.24, 2.45) is 0 Å². The van der Waals surface area contributed by atoms with Gasteiger partial charge in [0.05, 0.1) is 0 Å². The van der Waals surface area contributed by atoms with Gasteiger partial charge in [-0.2, -0.15) is 13.1 Å². The number of rotatable bonds is 6. The largest absolute Gasteiger partial charge is 0.369 e. The van der Waals surface area contributed by atoms with Gasteiger partial charge < -0.3 is 4.90 Å². The average Bonchev–Trinajstić information content (AvgIpc) is 2.47. The molecule has 0 atom stereocenters. The SMILES string of the molecule is CCNS(=O)(=O)Nc1ccc(N2CCN(C(C)C)CC2)cc1. The van der Waals surface area contributed by atoms with Gasteiger partial charge in [-0.15, -0.1) is 0 Å². The van der Waals surface area contributed by atoms with Gasteiger partial charge in [0.1, 0.15) is 0 Å². The molecule has 1 fully saturated rings. The number of nitrogens with one attached hydrogen (secondary N) is 2. The van der Waals surface area contributed by atoms with Gasteiger partial charge >= 0.3 is 0 Å². The monoisotopic (exact) mass is 326 g/mol. The van der Waals surface area contributed by atoms with Gasteiger partial charge in [0, 0.05) is 50.1 Å². The lowest BCUT2D eigenvalue weighted by Crippen LogP contribution is -2.48. The molecule has 0 amide bonds. The number of nitrogens with zero attached hydrogens (tertiary/aromatic N) is 2. The van der Waals surface area contributed by atoms with E-state index in [0.717, 1.165) is 31.9 Å². The number of anilines is 2. The molecular formula is C15H26N4O2S. The van der Waals surface area contributed by atoms with Crippen molar-refractivity contribution < 1.29 is 8.42 Å². The van der Waals surface area contributed by atoms with Crippen molar-refractivity contribution in [2.45, 2.75) is 26.8 Å². The van der Waals surface area contributed by atoms with E-state index < -0.39 is 10.2 Å². The van der Waals surface area contributed by atoms with Crippen molar-refractivity contribution >= 4 is 21.6 Å². The van der Waals surface area contributed by atoms with Crippen LogP contribution in [0.2, 0.25) is 0 Å². The van der Waals surface area contributed by atoms with Crippen LogP contribution in [0, 0.1) is 0 Å². The Hall–Kier alpha value is -1.31. The molecule has 1 saturated heterocycles. The minimum atomic E-state index is -3.46. The molecule has 0 spiro atoms. The molecule has 6 nitrogen and oxygen atoms in total. The first-order chi connectivity index (χ1) is 10.4. The molecule has 2 N–H and O–H groups in total. The lowest BCUT2D eigenvalue weighted by atomic mass is 10.2. The quantitative estimate of drug-likeness (QED) is 0.831. The van der Waals surface area contributed by atoms with Gasteiger partial charge in [0.15, 0.2) is 0 Å². The topological polar surface area (TPSA) is 64.7 Å². The zero-order chi connectivity index (χ0) is 16.2. The van der Waals surface area contributed by atoms with Crippen molar-refractivity contribution in [3.63, 3.8) is 0 Å². The lowest BCUT2D eigenvalue weighted by molar-refractivity contribution is 0.209. The summed E-state index contributed by atoms with van der Waals surface area (Å²) in [5, 5.41) is 0. The summed E-state index contributed by atoms with van der Waals surface area (Å²) in [6, 6.07) is 8.13. The smallest absolute Gasteiger partial charge is 0.299 e. The van der Waals surface area contributed by atoms with E-state index in [1.54, 1.807) is 19.1 Å². The van der Waals surface area contributed by atoms with Crippen LogP contribution in [0.15, 0.2) is 24.3 Å². The molecular weight excluding hydrogens is 300 g/mol. The molecule has 2 rings (SSSR count). The Morgan fingerprint density at radius 2 is 1.68 bits per heavy atom. The van der Waals surface area contributed by atoms with Crippen LogP contribution in [0.25, 0.3) is 0 Å². The first-order valence-electron chi connectivity index (χ1n) is 7.78. The molecule has 0 bridgehead atoms. The third kappa shape index (κ3) is 4.59. The van der Waals surface area contributed by atoms with E-state index in [9.17, 15) is 8.42 Å². The maximum Gasteiger partial charge on any atom is 0.299 e. The molecule has 7 heteroatoms. The highest BCUT2D eigenvalue weighted by molar-refractivity contribution is 7.90. The number of benzene rings is 1. The van der Waals surface area contributed by atoms with Gasteiger partial charge in [-0.25, -0.2) is 0 Å². The Balaban J connectivity index is 1.95. The van der Waals surface area contributed by atoms with Crippen molar-refractivity contribution in [1.29, 1.82) is 0 Å². The fraction of sp³-hybridized carbons (Fsp3) is 0.600. The molecule has 1 aromatic carbocycles. The second kappa shape index (κ2) is 7.30. The highest BCUT2D eigenvalue weighted by atomic mass is 32.2. The van der Waals surface area contributed by atoms with Gasteiger partial charge in [-0.05, 0) is 38.1 Å². The van der Waals surface area contributed by atoms with E-state index in [1.165, 1.54) is 0 Å². The summed E-state index contributed by atoms with van der Waals surface area (Å²) in [6.45, 7) is 10.7. The third-order valence-corrected chi connectivity index (χ3v) is 5.04. The Kier molecular flexibility index (Phi) is 5.66. The van der Waals surface area contributed by atoms with Crippen LogP contribution < -0.4 is 14.3 Å². The predicted octanol–water partition coefficient (Wildman–Crippen LogP) is 1.48. The van der Waals surface area contributed by atoms with E-state index >= 15 is 0 Å². The number of hydrogen-bond donors (Lipinski definition) is 2. The molecule has 0 aliphatic carbocycles. The third-order valence-electron chi connectivity index (χ3n) is 3.86. The van der Waals surface area contributed by atoms with Crippen LogP contribution in [0.3, 0.4) is 0 Å². The van der Waals surface area contributed by atoms with E-state index in [1.807, 2.05) is 12.1 Å². The first kappa shape index (κ1) is 17.1. The number of piperazine rings is 1. The van der Waals surface area contributed by atoms with Crippen LogP contribution in [0.1, 0.15) is 20.8 Å². The van der Waals surface area contributed by atoms with Crippen LogP contribution in [-0.2, 0) is 10.2 Å². The first-order valence-corrected chi connectivity index (χ1v) is 9.26. The average molecular weight is 326 g/mol. The van der Waals surface area contributed by atoms with Crippen molar-refractivity contribution in [1.82, 2.24) is 9.62 Å². The second-order valence-electron chi connectivity index (χ2n) is 5.77. The molecule has 0 unspecified atom stereocenters. The fourth-order valence-electron chi connectivity index (χ4n) is 2.62. The van der Waals surface area contributed by atoms with Gasteiger partial charge in [-0.3, -0.25) is 9.62 Å². The molecule has 1 heterocycles. The summed E-state index contributed by atoms with van der Waals surface area (Å²) in [4.78, 5) is 4.80. The normalized spacial score (nSPS) is 17.0. The van der Waals surface area contributed by atoms with E-state index in [0.29, 0.717) is 18.3 Å². The van der Waals surface area contributed by atoms with Gasteiger partial charge in [0.2, 0.25) is 0 Å².